The number of Topliss-reactive ketones (excluding diaryl/α,β-unsaturated/α-hetero) is 1. The molecule has 1 atom stereocenters. The van der Waals surface area contributed by atoms with E-state index in [2.05, 4.69) is 17.4 Å². The Morgan fingerprint density at radius 1 is 1.35 bits per heavy atom. The zero-order chi connectivity index (χ0) is 13.0. The lowest BCUT2D eigenvalue weighted by Crippen LogP contribution is -2.24. The summed E-state index contributed by atoms with van der Waals surface area (Å²) < 4.78 is 4.59. The van der Waals surface area contributed by atoms with Crippen LogP contribution < -0.4 is 0 Å². The van der Waals surface area contributed by atoms with E-state index in [0.29, 0.717) is 10.6 Å². The summed E-state index contributed by atoms with van der Waals surface area (Å²) in [6, 6.07) is 4.57. The minimum Gasteiger partial charge on any atom is -0.468 e. The third kappa shape index (κ3) is 3.37. The van der Waals surface area contributed by atoms with Gasteiger partial charge in [0.1, 0.15) is 5.92 Å². The summed E-state index contributed by atoms with van der Waals surface area (Å²) in [4.78, 5) is 23.2. The molecule has 0 aromatic heterocycles. The van der Waals surface area contributed by atoms with Crippen LogP contribution in [0.4, 0.5) is 0 Å². The van der Waals surface area contributed by atoms with Crippen LogP contribution in [0.3, 0.4) is 0 Å². The number of methoxy groups -OCH3 is 1. The molecule has 3 nitrogen and oxygen atoms in total. The molecule has 0 bridgehead atoms. The maximum Gasteiger partial charge on any atom is 0.320 e. The fourth-order valence-electron chi connectivity index (χ4n) is 1.35. The van der Waals surface area contributed by atoms with E-state index in [1.54, 1.807) is 6.07 Å². The van der Waals surface area contributed by atoms with Crippen LogP contribution in [-0.4, -0.2) is 24.6 Å². The van der Waals surface area contributed by atoms with E-state index in [1.807, 2.05) is 0 Å². The lowest BCUT2D eigenvalue weighted by molar-refractivity contribution is -0.145. The molecule has 0 fully saturated rings. The summed E-state index contributed by atoms with van der Waals surface area (Å²) in [5.74, 6) is -2.05. The standard InChI is InChI=1S/C11H10Cl2O3S/c1-16-11(15)10(9(14)5-17)6-2-3-7(12)8(13)4-6/h2-4,10,17H,5H2,1H3. The number of hydrogen-bond acceptors (Lipinski definition) is 4. The number of halogens is 2. The minimum absolute atomic E-state index is 0.0555. The largest absolute Gasteiger partial charge is 0.468 e. The summed E-state index contributed by atoms with van der Waals surface area (Å²) in [5.41, 5.74) is 0.449. The number of hydrogen-bond donors (Lipinski definition) is 1. The number of ketones is 1. The second kappa shape index (κ2) is 6.28. The molecule has 0 aliphatic carbocycles. The lowest BCUT2D eigenvalue weighted by Gasteiger charge is -2.13. The van der Waals surface area contributed by atoms with Gasteiger partial charge >= 0.3 is 5.97 Å². The number of thiol groups is 1. The van der Waals surface area contributed by atoms with E-state index in [4.69, 9.17) is 23.2 Å². The topological polar surface area (TPSA) is 43.4 Å². The fraction of sp³-hybridized carbons (Fsp3) is 0.273. The van der Waals surface area contributed by atoms with Gasteiger partial charge in [-0.25, -0.2) is 0 Å². The van der Waals surface area contributed by atoms with Crippen LogP contribution in [0.25, 0.3) is 0 Å². The summed E-state index contributed by atoms with van der Waals surface area (Å²) in [6.45, 7) is 0. The van der Waals surface area contributed by atoms with Crippen molar-refractivity contribution >= 4 is 47.6 Å². The molecule has 0 amide bonds. The third-order valence-corrected chi connectivity index (χ3v) is 3.24. The third-order valence-electron chi connectivity index (χ3n) is 2.19. The molecular weight excluding hydrogens is 283 g/mol. The molecule has 0 heterocycles. The Labute approximate surface area is 114 Å². The maximum atomic E-state index is 11.7. The minimum atomic E-state index is -1.01. The maximum absolute atomic E-state index is 11.7. The molecule has 6 heteroatoms. The van der Waals surface area contributed by atoms with E-state index in [1.165, 1.54) is 19.2 Å². The van der Waals surface area contributed by atoms with Gasteiger partial charge in [0.05, 0.1) is 22.9 Å². The van der Waals surface area contributed by atoms with Crippen LogP contribution in [0.5, 0.6) is 0 Å². The average Bonchev–Trinajstić information content (AvgIpc) is 2.33. The van der Waals surface area contributed by atoms with Crippen molar-refractivity contribution < 1.29 is 14.3 Å². The Bertz CT molecular complexity index is 432. The molecule has 0 saturated heterocycles. The second-order valence-corrected chi connectivity index (χ2v) is 4.38. The van der Waals surface area contributed by atoms with Gasteiger partial charge in [0.25, 0.3) is 0 Å². The molecule has 1 rings (SSSR count). The van der Waals surface area contributed by atoms with E-state index in [9.17, 15) is 9.59 Å². The van der Waals surface area contributed by atoms with Gasteiger partial charge in [0, 0.05) is 0 Å². The van der Waals surface area contributed by atoms with Crippen molar-refractivity contribution in [2.24, 2.45) is 0 Å². The van der Waals surface area contributed by atoms with Crippen molar-refractivity contribution in [3.63, 3.8) is 0 Å². The van der Waals surface area contributed by atoms with Gasteiger partial charge in [-0.15, -0.1) is 0 Å². The number of rotatable bonds is 4. The molecule has 92 valence electrons. The molecular formula is C11H10Cl2O3S. The molecule has 0 radical (unpaired) electrons. The zero-order valence-corrected chi connectivity index (χ0v) is 11.4. The second-order valence-electron chi connectivity index (χ2n) is 3.25. The van der Waals surface area contributed by atoms with E-state index >= 15 is 0 Å². The first-order valence-corrected chi connectivity index (χ1v) is 6.06. The molecule has 0 spiro atoms. The smallest absolute Gasteiger partial charge is 0.320 e. The van der Waals surface area contributed by atoms with Crippen molar-refractivity contribution in [1.82, 2.24) is 0 Å². The highest BCUT2D eigenvalue weighted by molar-refractivity contribution is 7.81. The van der Waals surface area contributed by atoms with Gasteiger partial charge in [-0.2, -0.15) is 12.6 Å². The summed E-state index contributed by atoms with van der Waals surface area (Å²) in [6.07, 6.45) is 0. The first-order chi connectivity index (χ1) is 8.01. The summed E-state index contributed by atoms with van der Waals surface area (Å²) in [7, 11) is 1.22. The van der Waals surface area contributed by atoms with E-state index < -0.39 is 11.9 Å². The first-order valence-electron chi connectivity index (χ1n) is 4.67. The average molecular weight is 293 g/mol. The van der Waals surface area contributed by atoms with Crippen LogP contribution in [0.15, 0.2) is 18.2 Å². The molecule has 1 aromatic rings. The SMILES string of the molecule is COC(=O)C(C(=O)CS)c1ccc(Cl)c(Cl)c1. The Balaban J connectivity index is 3.17. The predicted molar refractivity (Wildman–Crippen MR) is 70.1 cm³/mol. The van der Waals surface area contributed by atoms with Gasteiger partial charge in [-0.3, -0.25) is 9.59 Å². The number of ether oxygens (including phenoxy) is 1. The number of carbonyl (C=O) groups excluding carboxylic acids is 2. The Morgan fingerprint density at radius 2 is 2.00 bits per heavy atom. The van der Waals surface area contributed by atoms with Crippen molar-refractivity contribution in [3.05, 3.63) is 33.8 Å². The Kier molecular flexibility index (Phi) is 5.31. The highest BCUT2D eigenvalue weighted by Gasteiger charge is 2.28. The van der Waals surface area contributed by atoms with E-state index in [0.717, 1.165) is 0 Å². The lowest BCUT2D eigenvalue weighted by atomic mass is 9.95. The highest BCUT2D eigenvalue weighted by Crippen LogP contribution is 2.27. The Morgan fingerprint density at radius 3 is 2.47 bits per heavy atom. The van der Waals surface area contributed by atoms with Gasteiger partial charge in [0.2, 0.25) is 0 Å². The van der Waals surface area contributed by atoms with Gasteiger partial charge in [0.15, 0.2) is 5.78 Å². The van der Waals surface area contributed by atoms with Crippen molar-refractivity contribution in [1.29, 1.82) is 0 Å². The van der Waals surface area contributed by atoms with Crippen LogP contribution in [0, 0.1) is 0 Å². The van der Waals surface area contributed by atoms with Gasteiger partial charge < -0.3 is 4.74 Å². The monoisotopic (exact) mass is 292 g/mol. The molecule has 0 aliphatic rings. The van der Waals surface area contributed by atoms with Gasteiger partial charge in [-0.1, -0.05) is 29.3 Å². The van der Waals surface area contributed by atoms with Crippen molar-refractivity contribution in [3.8, 4) is 0 Å². The summed E-state index contributed by atoms with van der Waals surface area (Å²) >= 11 is 15.5. The zero-order valence-electron chi connectivity index (χ0n) is 8.94. The Hall–Kier alpha value is -0.710. The van der Waals surface area contributed by atoms with Crippen LogP contribution in [0.1, 0.15) is 11.5 Å². The first kappa shape index (κ1) is 14.4. The summed E-state index contributed by atoms with van der Waals surface area (Å²) in [5, 5.41) is 0.641. The van der Waals surface area contributed by atoms with Crippen LogP contribution in [-0.2, 0) is 14.3 Å². The van der Waals surface area contributed by atoms with Crippen LogP contribution in [0.2, 0.25) is 10.0 Å². The van der Waals surface area contributed by atoms with Gasteiger partial charge in [-0.05, 0) is 17.7 Å². The molecule has 1 unspecified atom stereocenters. The molecule has 17 heavy (non-hydrogen) atoms. The van der Waals surface area contributed by atoms with Crippen molar-refractivity contribution in [2.45, 2.75) is 5.92 Å². The number of esters is 1. The fourth-order valence-corrected chi connectivity index (χ4v) is 1.84. The molecule has 1 aromatic carbocycles. The van der Waals surface area contributed by atoms with Crippen LogP contribution >= 0.6 is 35.8 Å². The van der Waals surface area contributed by atoms with E-state index in [-0.39, 0.29) is 16.6 Å². The van der Waals surface area contributed by atoms with Crippen molar-refractivity contribution in [2.75, 3.05) is 12.9 Å². The number of benzene rings is 1. The highest BCUT2D eigenvalue weighted by atomic mass is 35.5. The predicted octanol–water partition coefficient (Wildman–Crippen LogP) is 2.75. The molecule has 0 aliphatic heterocycles. The quantitative estimate of drug-likeness (QED) is 0.527. The normalized spacial score (nSPS) is 12.0. The molecule has 0 saturated carbocycles. The molecule has 0 N–H and O–H groups in total. The number of carbonyl (C=O) groups is 2.